The third-order valence-electron chi connectivity index (χ3n) is 4.95. The zero-order chi connectivity index (χ0) is 15.4. The van der Waals surface area contributed by atoms with Crippen LogP contribution in [-0.2, 0) is 14.3 Å². The third-order valence-corrected chi connectivity index (χ3v) is 4.95. The van der Waals surface area contributed by atoms with Gasteiger partial charge in [-0.3, -0.25) is 14.2 Å². The van der Waals surface area contributed by atoms with Crippen LogP contribution < -0.4 is 0 Å². The normalized spacial score (nSPS) is 26.8. The molecule has 1 saturated heterocycles. The van der Waals surface area contributed by atoms with Gasteiger partial charge in [0.05, 0.1) is 18.3 Å². The van der Waals surface area contributed by atoms with Crippen LogP contribution >= 0.6 is 0 Å². The van der Waals surface area contributed by atoms with Gasteiger partial charge in [-0.05, 0) is 25.0 Å². The second-order valence-electron chi connectivity index (χ2n) is 5.95. The van der Waals surface area contributed by atoms with Crippen LogP contribution in [0.4, 0.5) is 0 Å². The van der Waals surface area contributed by atoms with Crippen LogP contribution in [0, 0.1) is 18.8 Å². The molecule has 0 bridgehead atoms. The van der Waals surface area contributed by atoms with E-state index in [2.05, 4.69) is 0 Å². The highest BCUT2D eigenvalue weighted by atomic mass is 16.5. The molecule has 2 aliphatic heterocycles. The van der Waals surface area contributed by atoms with Gasteiger partial charge in [-0.1, -0.05) is 18.2 Å². The molecule has 2 aliphatic rings. The van der Waals surface area contributed by atoms with Crippen molar-refractivity contribution in [3.05, 3.63) is 35.5 Å². The maximum absolute atomic E-state index is 13.0. The molecule has 4 rings (SSSR count). The van der Waals surface area contributed by atoms with E-state index in [9.17, 15) is 9.59 Å². The summed E-state index contributed by atoms with van der Waals surface area (Å²) in [4.78, 5) is 25.2. The van der Waals surface area contributed by atoms with E-state index in [4.69, 9.17) is 9.47 Å². The fourth-order valence-corrected chi connectivity index (χ4v) is 3.95. The number of rotatable bonds is 1. The van der Waals surface area contributed by atoms with E-state index in [1.807, 2.05) is 31.2 Å². The molecule has 1 aromatic heterocycles. The molecule has 1 fully saturated rings. The number of aromatic nitrogens is 1. The van der Waals surface area contributed by atoms with Gasteiger partial charge in [-0.25, -0.2) is 0 Å². The number of carbonyl (C=O) groups is 2. The van der Waals surface area contributed by atoms with Crippen LogP contribution in [0.1, 0.15) is 28.6 Å². The topological polar surface area (TPSA) is 57.5 Å². The number of esters is 1. The minimum atomic E-state index is -0.778. The number of aryl methyl sites for hydroxylation is 1. The molecule has 5 nitrogen and oxygen atoms in total. The van der Waals surface area contributed by atoms with E-state index in [1.165, 1.54) is 7.11 Å². The Balaban J connectivity index is 2.01. The Morgan fingerprint density at radius 1 is 1.36 bits per heavy atom. The highest BCUT2D eigenvalue weighted by Gasteiger charge is 2.51. The number of methoxy groups -OCH3 is 1. The molecule has 0 saturated carbocycles. The van der Waals surface area contributed by atoms with Crippen LogP contribution in [0.3, 0.4) is 0 Å². The molecule has 1 aromatic carbocycles. The van der Waals surface area contributed by atoms with Crippen LogP contribution in [0.25, 0.3) is 10.9 Å². The average molecular weight is 299 g/mol. The minimum absolute atomic E-state index is 0.129. The molecule has 3 heterocycles. The SMILES string of the molecule is COC(=O)[C@H]1C(=O)n2c(c(C)c3ccccc32)[C@@H]2OCC[C@H]12. The van der Waals surface area contributed by atoms with Crippen molar-refractivity contribution < 1.29 is 19.1 Å². The van der Waals surface area contributed by atoms with E-state index in [0.717, 1.165) is 22.2 Å². The smallest absolute Gasteiger partial charge is 0.318 e. The number of nitrogens with zero attached hydrogens (tertiary/aromatic N) is 1. The second kappa shape index (κ2) is 4.68. The standard InChI is InChI=1S/C17H17NO4/c1-9-10-5-3-4-6-12(10)18-14(9)15-11(7-8-22-15)13(16(18)19)17(20)21-2/h3-6,11,13,15H,7-8H2,1-2H3/t11-,13-,15-/m1/s1. The fourth-order valence-electron chi connectivity index (χ4n) is 3.95. The van der Waals surface area contributed by atoms with E-state index >= 15 is 0 Å². The highest BCUT2D eigenvalue weighted by molar-refractivity contribution is 6.06. The molecule has 0 aliphatic carbocycles. The number of carbonyl (C=O) groups excluding carboxylic acids is 2. The molecule has 114 valence electrons. The zero-order valence-electron chi connectivity index (χ0n) is 12.5. The molecular weight excluding hydrogens is 282 g/mol. The van der Waals surface area contributed by atoms with Crippen molar-refractivity contribution in [1.29, 1.82) is 0 Å². The monoisotopic (exact) mass is 299 g/mol. The van der Waals surface area contributed by atoms with Crippen LogP contribution in [0.15, 0.2) is 24.3 Å². The zero-order valence-corrected chi connectivity index (χ0v) is 12.5. The van der Waals surface area contributed by atoms with Gasteiger partial charge in [-0.2, -0.15) is 0 Å². The molecule has 2 aromatic rings. The Hall–Kier alpha value is -2.14. The Morgan fingerprint density at radius 3 is 2.91 bits per heavy atom. The van der Waals surface area contributed by atoms with Crippen molar-refractivity contribution in [2.75, 3.05) is 13.7 Å². The third kappa shape index (κ3) is 1.57. The van der Waals surface area contributed by atoms with Crippen molar-refractivity contribution in [3.63, 3.8) is 0 Å². The molecule has 0 spiro atoms. The predicted octanol–water partition coefficient (Wildman–Crippen LogP) is 2.47. The highest BCUT2D eigenvalue weighted by Crippen LogP contribution is 2.47. The van der Waals surface area contributed by atoms with E-state index in [1.54, 1.807) is 4.57 Å². The van der Waals surface area contributed by atoms with Gasteiger partial charge in [0.15, 0.2) is 0 Å². The molecule has 22 heavy (non-hydrogen) atoms. The number of benzene rings is 1. The summed E-state index contributed by atoms with van der Waals surface area (Å²) in [5, 5.41) is 1.03. The lowest BCUT2D eigenvalue weighted by Crippen LogP contribution is -2.42. The van der Waals surface area contributed by atoms with Crippen molar-refractivity contribution >= 4 is 22.8 Å². The van der Waals surface area contributed by atoms with E-state index in [-0.39, 0.29) is 17.9 Å². The molecule has 3 atom stereocenters. The Bertz CT molecular complexity index is 791. The maximum atomic E-state index is 13.0. The first-order chi connectivity index (χ1) is 10.6. The van der Waals surface area contributed by atoms with Gasteiger partial charge < -0.3 is 9.47 Å². The second-order valence-corrected chi connectivity index (χ2v) is 5.95. The van der Waals surface area contributed by atoms with Gasteiger partial charge in [0.2, 0.25) is 5.91 Å². The van der Waals surface area contributed by atoms with Crippen LogP contribution in [-0.4, -0.2) is 30.2 Å². The summed E-state index contributed by atoms with van der Waals surface area (Å²) >= 11 is 0. The van der Waals surface area contributed by atoms with Crippen molar-refractivity contribution in [1.82, 2.24) is 4.57 Å². The number of ether oxygens (including phenoxy) is 2. The average Bonchev–Trinajstić information content (AvgIpc) is 3.11. The number of fused-ring (bicyclic) bond motifs is 5. The Morgan fingerprint density at radius 2 is 2.14 bits per heavy atom. The van der Waals surface area contributed by atoms with Crippen molar-refractivity contribution in [2.24, 2.45) is 11.8 Å². The molecule has 0 amide bonds. The fraction of sp³-hybridized carbons (Fsp3) is 0.412. The molecule has 0 unspecified atom stereocenters. The molecular formula is C17H17NO4. The van der Waals surface area contributed by atoms with E-state index < -0.39 is 11.9 Å². The summed E-state index contributed by atoms with van der Waals surface area (Å²) in [6.07, 6.45) is 0.492. The summed E-state index contributed by atoms with van der Waals surface area (Å²) in [6.45, 7) is 2.58. The lowest BCUT2D eigenvalue weighted by molar-refractivity contribution is -0.146. The first kappa shape index (κ1) is 13.5. The molecule has 5 heteroatoms. The Labute approximate surface area is 127 Å². The predicted molar refractivity (Wildman–Crippen MR) is 79.6 cm³/mol. The van der Waals surface area contributed by atoms with Crippen molar-refractivity contribution in [3.8, 4) is 0 Å². The minimum Gasteiger partial charge on any atom is -0.468 e. The lowest BCUT2D eigenvalue weighted by Gasteiger charge is -2.32. The van der Waals surface area contributed by atoms with Crippen LogP contribution in [0.2, 0.25) is 0 Å². The number of hydrogen-bond donors (Lipinski definition) is 0. The number of hydrogen-bond acceptors (Lipinski definition) is 4. The first-order valence-electron chi connectivity index (χ1n) is 7.48. The van der Waals surface area contributed by atoms with Gasteiger partial charge in [0.25, 0.3) is 0 Å². The summed E-state index contributed by atoms with van der Waals surface area (Å²) < 4.78 is 12.4. The quantitative estimate of drug-likeness (QED) is 0.599. The van der Waals surface area contributed by atoms with Gasteiger partial charge in [0, 0.05) is 17.9 Å². The van der Waals surface area contributed by atoms with Crippen LogP contribution in [0.5, 0.6) is 0 Å². The van der Waals surface area contributed by atoms with Gasteiger partial charge in [-0.15, -0.1) is 0 Å². The van der Waals surface area contributed by atoms with Gasteiger partial charge >= 0.3 is 5.97 Å². The van der Waals surface area contributed by atoms with Gasteiger partial charge in [0.1, 0.15) is 12.0 Å². The summed E-state index contributed by atoms with van der Waals surface area (Å²) in [6, 6.07) is 7.77. The molecule has 0 N–H and O–H groups in total. The van der Waals surface area contributed by atoms with E-state index in [0.29, 0.717) is 13.0 Å². The Kier molecular flexibility index (Phi) is 2.87. The molecule has 0 radical (unpaired) electrons. The summed E-state index contributed by atoms with van der Waals surface area (Å²) in [7, 11) is 1.33. The van der Waals surface area contributed by atoms with Crippen molar-refractivity contribution in [2.45, 2.75) is 19.4 Å². The summed E-state index contributed by atoms with van der Waals surface area (Å²) in [5.41, 5.74) is 2.79. The largest absolute Gasteiger partial charge is 0.468 e. The number of para-hydroxylation sites is 1. The maximum Gasteiger partial charge on any atom is 0.318 e. The summed E-state index contributed by atoms with van der Waals surface area (Å²) in [5.74, 6) is -1.57. The lowest BCUT2D eigenvalue weighted by atomic mass is 9.81. The first-order valence-corrected chi connectivity index (χ1v) is 7.48.